The Morgan fingerprint density at radius 2 is 1.83 bits per heavy atom. The number of rotatable bonds is 8. The maximum absolute atomic E-state index is 10.0. The van der Waals surface area contributed by atoms with Crippen LogP contribution in [0.3, 0.4) is 0 Å². The Balaban J connectivity index is 1.74. The van der Waals surface area contributed by atoms with Crippen LogP contribution in [0.5, 0.6) is 11.5 Å². The van der Waals surface area contributed by atoms with Crippen molar-refractivity contribution in [2.45, 2.75) is 19.1 Å². The monoisotopic (exact) mass is 335 g/mol. The molecule has 2 atom stereocenters. The molecule has 0 heterocycles. The second-order valence-electron chi connectivity index (χ2n) is 5.33. The highest BCUT2D eigenvalue weighted by Crippen LogP contribution is 2.18. The predicted molar refractivity (Wildman–Crippen MR) is 92.4 cm³/mol. The normalized spacial score (nSPS) is 13.4. The van der Waals surface area contributed by atoms with E-state index >= 15 is 0 Å². The smallest absolute Gasteiger partial charge is 0.119 e. The van der Waals surface area contributed by atoms with E-state index in [9.17, 15) is 5.11 Å². The number of halogens is 1. The van der Waals surface area contributed by atoms with Gasteiger partial charge in [-0.1, -0.05) is 23.7 Å². The number of methoxy groups -OCH3 is 1. The third-order valence-corrected chi connectivity index (χ3v) is 3.75. The minimum atomic E-state index is -0.598. The van der Waals surface area contributed by atoms with Crippen LogP contribution in [-0.4, -0.2) is 31.5 Å². The van der Waals surface area contributed by atoms with Crippen LogP contribution < -0.4 is 14.8 Å². The Kier molecular flexibility index (Phi) is 6.71. The minimum Gasteiger partial charge on any atom is -0.497 e. The van der Waals surface area contributed by atoms with Crippen molar-refractivity contribution in [1.29, 1.82) is 0 Å². The lowest BCUT2D eigenvalue weighted by molar-refractivity contribution is 0.104. The lowest BCUT2D eigenvalue weighted by Gasteiger charge is -2.18. The molecule has 0 aliphatic heterocycles. The van der Waals surface area contributed by atoms with Gasteiger partial charge in [0.15, 0.2) is 0 Å². The molecule has 5 heteroatoms. The first-order valence-electron chi connectivity index (χ1n) is 7.52. The van der Waals surface area contributed by atoms with E-state index in [1.807, 2.05) is 55.5 Å². The van der Waals surface area contributed by atoms with E-state index in [1.54, 1.807) is 7.11 Å². The molecule has 23 heavy (non-hydrogen) atoms. The van der Waals surface area contributed by atoms with Crippen LogP contribution in [0.15, 0.2) is 48.5 Å². The van der Waals surface area contributed by atoms with Crippen molar-refractivity contribution in [3.05, 3.63) is 59.1 Å². The molecule has 0 saturated carbocycles. The highest BCUT2D eigenvalue weighted by Gasteiger charge is 2.10. The van der Waals surface area contributed by atoms with Crippen molar-refractivity contribution in [2.75, 3.05) is 20.3 Å². The molecular formula is C18H22ClNO3. The van der Waals surface area contributed by atoms with E-state index < -0.39 is 6.10 Å². The van der Waals surface area contributed by atoms with Crippen LogP contribution >= 0.6 is 11.6 Å². The molecule has 0 fully saturated rings. The number of benzene rings is 2. The van der Waals surface area contributed by atoms with Crippen LogP contribution in [-0.2, 0) is 0 Å². The van der Waals surface area contributed by atoms with Gasteiger partial charge in [0, 0.05) is 17.6 Å². The SMILES string of the molecule is COc1ccc(OCC(O)CNC(C)c2cccc(Cl)c2)cc1. The molecular weight excluding hydrogens is 314 g/mol. The second kappa shape index (κ2) is 8.77. The molecule has 2 N–H and O–H groups in total. The van der Waals surface area contributed by atoms with Crippen LogP contribution in [0.25, 0.3) is 0 Å². The van der Waals surface area contributed by atoms with E-state index in [1.165, 1.54) is 0 Å². The number of nitrogens with one attached hydrogen (secondary N) is 1. The fourth-order valence-corrected chi connectivity index (χ4v) is 2.33. The van der Waals surface area contributed by atoms with Gasteiger partial charge in [0.05, 0.1) is 7.11 Å². The highest BCUT2D eigenvalue weighted by atomic mass is 35.5. The van der Waals surface area contributed by atoms with Crippen molar-refractivity contribution in [1.82, 2.24) is 5.32 Å². The average molecular weight is 336 g/mol. The molecule has 0 aliphatic carbocycles. The van der Waals surface area contributed by atoms with Gasteiger partial charge in [-0.05, 0) is 48.9 Å². The van der Waals surface area contributed by atoms with Crippen molar-refractivity contribution in [2.24, 2.45) is 0 Å². The molecule has 0 aromatic heterocycles. The summed E-state index contributed by atoms with van der Waals surface area (Å²) in [6, 6.07) is 15.0. The molecule has 2 unspecified atom stereocenters. The lowest BCUT2D eigenvalue weighted by Crippen LogP contribution is -2.33. The molecule has 0 spiro atoms. The first-order valence-corrected chi connectivity index (χ1v) is 7.90. The third-order valence-electron chi connectivity index (χ3n) is 3.51. The molecule has 0 amide bonds. The van der Waals surface area contributed by atoms with Gasteiger partial charge in [-0.2, -0.15) is 0 Å². The Morgan fingerprint density at radius 3 is 2.48 bits per heavy atom. The summed E-state index contributed by atoms with van der Waals surface area (Å²) in [7, 11) is 1.62. The molecule has 124 valence electrons. The van der Waals surface area contributed by atoms with E-state index in [0.29, 0.717) is 17.3 Å². The number of aliphatic hydroxyl groups excluding tert-OH is 1. The van der Waals surface area contributed by atoms with E-state index in [0.717, 1.165) is 11.3 Å². The fraction of sp³-hybridized carbons (Fsp3) is 0.333. The molecule has 0 bridgehead atoms. The zero-order valence-corrected chi connectivity index (χ0v) is 14.1. The topological polar surface area (TPSA) is 50.7 Å². The minimum absolute atomic E-state index is 0.101. The highest BCUT2D eigenvalue weighted by molar-refractivity contribution is 6.30. The quantitative estimate of drug-likeness (QED) is 0.776. The lowest BCUT2D eigenvalue weighted by atomic mass is 10.1. The van der Waals surface area contributed by atoms with Crippen molar-refractivity contribution >= 4 is 11.6 Å². The summed E-state index contributed by atoms with van der Waals surface area (Å²) in [6.45, 7) is 2.69. The first-order chi connectivity index (χ1) is 11.1. The van der Waals surface area contributed by atoms with Gasteiger partial charge < -0.3 is 19.9 Å². The number of hydrogen-bond acceptors (Lipinski definition) is 4. The fourth-order valence-electron chi connectivity index (χ4n) is 2.13. The van der Waals surface area contributed by atoms with Crippen molar-refractivity contribution < 1.29 is 14.6 Å². The number of aliphatic hydroxyl groups is 1. The third kappa shape index (κ3) is 5.75. The van der Waals surface area contributed by atoms with Crippen LogP contribution in [0.1, 0.15) is 18.5 Å². The molecule has 2 rings (SSSR count). The Bertz CT molecular complexity index is 603. The van der Waals surface area contributed by atoms with Gasteiger partial charge in [-0.15, -0.1) is 0 Å². The Morgan fingerprint density at radius 1 is 1.13 bits per heavy atom. The first kappa shape index (κ1) is 17.6. The zero-order valence-electron chi connectivity index (χ0n) is 13.3. The molecule has 0 saturated heterocycles. The summed E-state index contributed by atoms with van der Waals surface area (Å²) >= 11 is 5.98. The van der Waals surface area contributed by atoms with Crippen molar-refractivity contribution in [3.8, 4) is 11.5 Å². The van der Waals surface area contributed by atoms with Gasteiger partial charge in [-0.3, -0.25) is 0 Å². The maximum Gasteiger partial charge on any atom is 0.119 e. The van der Waals surface area contributed by atoms with Gasteiger partial charge in [-0.25, -0.2) is 0 Å². The van der Waals surface area contributed by atoms with Crippen molar-refractivity contribution in [3.63, 3.8) is 0 Å². The zero-order chi connectivity index (χ0) is 16.7. The van der Waals surface area contributed by atoms with Crippen LogP contribution in [0.4, 0.5) is 0 Å². The Hall–Kier alpha value is -1.75. The van der Waals surface area contributed by atoms with Gasteiger partial charge in [0.25, 0.3) is 0 Å². The Labute approximate surface area is 142 Å². The summed E-state index contributed by atoms with van der Waals surface area (Å²) < 4.78 is 10.6. The maximum atomic E-state index is 10.0. The largest absolute Gasteiger partial charge is 0.497 e. The summed E-state index contributed by atoms with van der Waals surface area (Å²) in [5, 5.41) is 14.0. The second-order valence-corrected chi connectivity index (χ2v) is 5.76. The summed E-state index contributed by atoms with van der Waals surface area (Å²) in [4.78, 5) is 0. The van der Waals surface area contributed by atoms with Crippen LogP contribution in [0.2, 0.25) is 5.02 Å². The summed E-state index contributed by atoms with van der Waals surface area (Å²) in [5.41, 5.74) is 1.08. The molecule has 0 radical (unpaired) electrons. The van der Waals surface area contributed by atoms with E-state index in [4.69, 9.17) is 21.1 Å². The average Bonchev–Trinajstić information content (AvgIpc) is 2.58. The molecule has 2 aromatic rings. The summed E-state index contributed by atoms with van der Waals surface area (Å²) in [6.07, 6.45) is -0.598. The standard InChI is InChI=1S/C18H22ClNO3/c1-13(14-4-3-5-15(19)10-14)20-11-16(21)12-23-18-8-6-17(22-2)7-9-18/h3-10,13,16,20-21H,11-12H2,1-2H3. The van der Waals surface area contributed by atoms with Gasteiger partial charge in [0.2, 0.25) is 0 Å². The number of ether oxygens (including phenoxy) is 2. The van der Waals surface area contributed by atoms with E-state index in [2.05, 4.69) is 5.32 Å². The predicted octanol–water partition coefficient (Wildman–Crippen LogP) is 3.44. The van der Waals surface area contributed by atoms with Crippen LogP contribution in [0, 0.1) is 0 Å². The molecule has 2 aromatic carbocycles. The van der Waals surface area contributed by atoms with E-state index in [-0.39, 0.29) is 12.6 Å². The number of hydrogen-bond donors (Lipinski definition) is 2. The summed E-state index contributed by atoms with van der Waals surface area (Å²) in [5.74, 6) is 1.47. The molecule has 4 nitrogen and oxygen atoms in total. The molecule has 0 aliphatic rings. The van der Waals surface area contributed by atoms with Gasteiger partial charge in [0.1, 0.15) is 24.2 Å². The van der Waals surface area contributed by atoms with Gasteiger partial charge >= 0.3 is 0 Å².